The van der Waals surface area contributed by atoms with E-state index >= 15 is 0 Å². The molecule has 1 fully saturated rings. The summed E-state index contributed by atoms with van der Waals surface area (Å²) in [5.74, 6) is -0.565. The molecule has 1 aliphatic heterocycles. The van der Waals surface area contributed by atoms with Gasteiger partial charge in [-0.1, -0.05) is 0 Å². The molecule has 7 nitrogen and oxygen atoms in total. The summed E-state index contributed by atoms with van der Waals surface area (Å²) >= 11 is 0. The standard InChI is InChI=1S/C14H22N4O3/c1-9-12(13(15)21)14(17(2)16-9)18-8-4-3-5-10(18)6-7-11(19)20/h10H,3-8H2,1-2H3,(H2,15,21)(H,19,20). The second kappa shape index (κ2) is 6.15. The number of anilines is 1. The number of aromatic nitrogens is 2. The molecule has 0 aromatic carbocycles. The van der Waals surface area contributed by atoms with Gasteiger partial charge in [0.15, 0.2) is 0 Å². The third kappa shape index (κ3) is 3.17. The first-order valence-corrected chi connectivity index (χ1v) is 7.23. The Kier molecular flexibility index (Phi) is 4.50. The Balaban J connectivity index is 2.33. The van der Waals surface area contributed by atoms with E-state index in [1.165, 1.54) is 0 Å². The highest BCUT2D eigenvalue weighted by molar-refractivity contribution is 5.99. The van der Waals surface area contributed by atoms with Crippen molar-refractivity contribution in [3.63, 3.8) is 0 Å². The van der Waals surface area contributed by atoms with Crippen molar-refractivity contribution in [3.05, 3.63) is 11.3 Å². The normalized spacial score (nSPS) is 18.8. The summed E-state index contributed by atoms with van der Waals surface area (Å²) in [6.45, 7) is 2.56. The molecule has 21 heavy (non-hydrogen) atoms. The number of amides is 1. The van der Waals surface area contributed by atoms with E-state index in [4.69, 9.17) is 10.8 Å². The summed E-state index contributed by atoms with van der Waals surface area (Å²) in [6.07, 6.45) is 3.72. The van der Waals surface area contributed by atoms with Gasteiger partial charge in [0.2, 0.25) is 0 Å². The van der Waals surface area contributed by atoms with E-state index in [0.29, 0.717) is 17.7 Å². The van der Waals surface area contributed by atoms with Crippen LogP contribution in [-0.4, -0.2) is 39.4 Å². The molecule has 0 aliphatic carbocycles. The van der Waals surface area contributed by atoms with E-state index < -0.39 is 11.9 Å². The maximum absolute atomic E-state index is 11.7. The Bertz CT molecular complexity index is 553. The van der Waals surface area contributed by atoms with Crippen LogP contribution in [0, 0.1) is 6.92 Å². The first-order chi connectivity index (χ1) is 9.91. The highest BCUT2D eigenvalue weighted by Crippen LogP contribution is 2.31. The molecule has 0 bridgehead atoms. The summed E-state index contributed by atoms with van der Waals surface area (Å²) in [5, 5.41) is 13.2. The Morgan fingerprint density at radius 2 is 2.14 bits per heavy atom. The van der Waals surface area contributed by atoms with Crippen molar-refractivity contribution in [2.45, 2.75) is 45.1 Å². The van der Waals surface area contributed by atoms with Crippen LogP contribution >= 0.6 is 0 Å². The molecule has 1 aromatic rings. The summed E-state index contributed by atoms with van der Waals surface area (Å²) in [5.41, 5.74) is 6.55. The maximum Gasteiger partial charge on any atom is 0.303 e. The summed E-state index contributed by atoms with van der Waals surface area (Å²) in [7, 11) is 1.79. The third-order valence-corrected chi connectivity index (χ3v) is 4.03. The second-order valence-electron chi connectivity index (χ2n) is 5.55. The van der Waals surface area contributed by atoms with Crippen molar-refractivity contribution in [1.82, 2.24) is 9.78 Å². The minimum absolute atomic E-state index is 0.114. The van der Waals surface area contributed by atoms with Crippen LogP contribution in [0.25, 0.3) is 0 Å². The predicted molar refractivity (Wildman–Crippen MR) is 78.3 cm³/mol. The number of aryl methyl sites for hydroxylation is 2. The average Bonchev–Trinajstić information content (AvgIpc) is 2.71. The minimum Gasteiger partial charge on any atom is -0.481 e. The average molecular weight is 294 g/mol. The zero-order chi connectivity index (χ0) is 15.6. The van der Waals surface area contributed by atoms with Gasteiger partial charge in [-0.05, 0) is 32.6 Å². The zero-order valence-electron chi connectivity index (χ0n) is 12.5. The molecule has 7 heteroatoms. The first kappa shape index (κ1) is 15.3. The topological polar surface area (TPSA) is 101 Å². The lowest BCUT2D eigenvalue weighted by Gasteiger charge is -2.37. The molecule has 116 valence electrons. The van der Waals surface area contributed by atoms with Gasteiger partial charge in [0.25, 0.3) is 5.91 Å². The van der Waals surface area contributed by atoms with Gasteiger partial charge in [-0.2, -0.15) is 5.10 Å². The monoisotopic (exact) mass is 294 g/mol. The van der Waals surface area contributed by atoms with Crippen molar-refractivity contribution in [2.24, 2.45) is 12.8 Å². The van der Waals surface area contributed by atoms with Gasteiger partial charge < -0.3 is 15.7 Å². The van der Waals surface area contributed by atoms with Gasteiger partial charge >= 0.3 is 5.97 Å². The fourth-order valence-electron chi connectivity index (χ4n) is 3.13. The lowest BCUT2D eigenvalue weighted by atomic mass is 9.97. The molecule has 2 rings (SSSR count). The lowest BCUT2D eigenvalue weighted by Crippen LogP contribution is -2.42. The maximum atomic E-state index is 11.7. The van der Waals surface area contributed by atoms with E-state index in [1.807, 2.05) is 0 Å². The van der Waals surface area contributed by atoms with E-state index in [0.717, 1.165) is 31.6 Å². The molecule has 1 atom stereocenters. The van der Waals surface area contributed by atoms with Gasteiger partial charge in [-0.3, -0.25) is 14.3 Å². The smallest absolute Gasteiger partial charge is 0.303 e. The SMILES string of the molecule is Cc1nn(C)c(N2CCCCC2CCC(=O)O)c1C(N)=O. The van der Waals surface area contributed by atoms with Crippen LogP contribution in [0.4, 0.5) is 5.82 Å². The van der Waals surface area contributed by atoms with E-state index in [2.05, 4.69) is 10.00 Å². The van der Waals surface area contributed by atoms with Crippen molar-refractivity contribution < 1.29 is 14.7 Å². The van der Waals surface area contributed by atoms with Crippen LogP contribution in [0.15, 0.2) is 0 Å². The van der Waals surface area contributed by atoms with Crippen molar-refractivity contribution >= 4 is 17.7 Å². The lowest BCUT2D eigenvalue weighted by molar-refractivity contribution is -0.137. The molecule has 1 amide bonds. The largest absolute Gasteiger partial charge is 0.481 e. The Morgan fingerprint density at radius 3 is 2.76 bits per heavy atom. The van der Waals surface area contributed by atoms with Gasteiger partial charge in [-0.15, -0.1) is 0 Å². The number of hydrogen-bond acceptors (Lipinski definition) is 4. The number of carbonyl (C=O) groups is 2. The fraction of sp³-hybridized carbons (Fsp3) is 0.643. The molecule has 2 heterocycles. The zero-order valence-corrected chi connectivity index (χ0v) is 12.5. The van der Waals surface area contributed by atoms with Crippen molar-refractivity contribution in [2.75, 3.05) is 11.4 Å². The van der Waals surface area contributed by atoms with Crippen molar-refractivity contribution in [1.29, 1.82) is 0 Å². The molecule has 3 N–H and O–H groups in total. The number of carboxylic acid groups (broad SMARTS) is 1. The molecular weight excluding hydrogens is 272 g/mol. The molecule has 1 saturated heterocycles. The van der Waals surface area contributed by atoms with Gasteiger partial charge in [0.05, 0.1) is 5.69 Å². The van der Waals surface area contributed by atoms with E-state index in [1.54, 1.807) is 18.7 Å². The van der Waals surface area contributed by atoms with E-state index in [9.17, 15) is 9.59 Å². The number of primary amides is 1. The van der Waals surface area contributed by atoms with Crippen LogP contribution in [0.1, 0.15) is 48.2 Å². The van der Waals surface area contributed by atoms with Crippen LogP contribution in [0.3, 0.4) is 0 Å². The molecule has 1 unspecified atom stereocenters. The second-order valence-corrected chi connectivity index (χ2v) is 5.55. The Hall–Kier alpha value is -2.05. The summed E-state index contributed by atoms with van der Waals surface area (Å²) < 4.78 is 1.68. The van der Waals surface area contributed by atoms with Crippen LogP contribution in [-0.2, 0) is 11.8 Å². The fourth-order valence-corrected chi connectivity index (χ4v) is 3.13. The summed E-state index contributed by atoms with van der Waals surface area (Å²) in [4.78, 5) is 24.6. The first-order valence-electron chi connectivity index (χ1n) is 7.23. The number of aliphatic carboxylic acids is 1. The van der Waals surface area contributed by atoms with Crippen molar-refractivity contribution in [3.8, 4) is 0 Å². The molecular formula is C14H22N4O3. The van der Waals surface area contributed by atoms with Gasteiger partial charge in [-0.25, -0.2) is 0 Å². The molecule has 0 saturated carbocycles. The minimum atomic E-state index is -0.795. The molecule has 1 aromatic heterocycles. The number of piperidine rings is 1. The number of nitrogens with zero attached hydrogens (tertiary/aromatic N) is 3. The highest BCUT2D eigenvalue weighted by Gasteiger charge is 2.30. The summed E-state index contributed by atoms with van der Waals surface area (Å²) in [6, 6.07) is 0.114. The number of carbonyl (C=O) groups excluding carboxylic acids is 1. The quantitative estimate of drug-likeness (QED) is 0.845. The Morgan fingerprint density at radius 1 is 1.43 bits per heavy atom. The Labute approximate surface area is 123 Å². The van der Waals surface area contributed by atoms with Crippen LogP contribution in [0.5, 0.6) is 0 Å². The predicted octanol–water partition coefficient (Wildman–Crippen LogP) is 1.05. The molecule has 1 aliphatic rings. The van der Waals surface area contributed by atoms with Crippen LogP contribution in [0.2, 0.25) is 0 Å². The highest BCUT2D eigenvalue weighted by atomic mass is 16.4. The van der Waals surface area contributed by atoms with Gasteiger partial charge in [0.1, 0.15) is 11.4 Å². The van der Waals surface area contributed by atoms with Crippen LogP contribution < -0.4 is 10.6 Å². The van der Waals surface area contributed by atoms with Gasteiger partial charge in [0, 0.05) is 26.1 Å². The van der Waals surface area contributed by atoms with E-state index in [-0.39, 0.29) is 12.5 Å². The number of hydrogen-bond donors (Lipinski definition) is 2. The number of nitrogens with two attached hydrogens (primary N) is 1. The third-order valence-electron chi connectivity index (χ3n) is 4.03. The molecule has 0 spiro atoms. The number of rotatable bonds is 5. The molecule has 0 radical (unpaired) electrons. The number of carboxylic acids is 1.